The van der Waals surface area contributed by atoms with Crippen LogP contribution in [0.3, 0.4) is 0 Å². The minimum absolute atomic E-state index is 0.131. The van der Waals surface area contributed by atoms with Crippen LogP contribution in [0.25, 0.3) is 0 Å². The fraction of sp³-hybridized carbons (Fsp3) is 0.600. The van der Waals surface area contributed by atoms with E-state index in [-0.39, 0.29) is 16.9 Å². The van der Waals surface area contributed by atoms with Gasteiger partial charge in [-0.25, -0.2) is 4.39 Å². The predicted molar refractivity (Wildman–Crippen MR) is 77.8 cm³/mol. The number of halogens is 2. The average Bonchev–Trinajstić information content (AvgIpc) is 2.93. The van der Waals surface area contributed by atoms with Gasteiger partial charge in [-0.3, -0.25) is 4.90 Å². The summed E-state index contributed by atoms with van der Waals surface area (Å²) in [4.78, 5) is 2.44. The minimum atomic E-state index is -0.370. The largest absolute Gasteiger partial charge is 0.329 e. The van der Waals surface area contributed by atoms with Crippen LogP contribution in [0.1, 0.15) is 44.2 Å². The van der Waals surface area contributed by atoms with E-state index >= 15 is 0 Å². The van der Waals surface area contributed by atoms with Crippen molar-refractivity contribution in [2.45, 2.75) is 44.7 Å². The van der Waals surface area contributed by atoms with Gasteiger partial charge in [-0.1, -0.05) is 37.4 Å². The molecule has 0 amide bonds. The first-order valence-electron chi connectivity index (χ1n) is 7.08. The molecule has 19 heavy (non-hydrogen) atoms. The molecule has 0 spiro atoms. The Morgan fingerprint density at radius 3 is 2.63 bits per heavy atom. The topological polar surface area (TPSA) is 29.3 Å². The number of hydrogen-bond donors (Lipinski definition) is 1. The first kappa shape index (κ1) is 14.8. The summed E-state index contributed by atoms with van der Waals surface area (Å²) >= 11 is 5.89. The Balaban J connectivity index is 2.23. The molecule has 1 unspecified atom stereocenters. The van der Waals surface area contributed by atoms with E-state index in [9.17, 15) is 4.39 Å². The summed E-state index contributed by atoms with van der Waals surface area (Å²) in [6.45, 7) is 3.65. The zero-order valence-electron chi connectivity index (χ0n) is 11.4. The SMILES string of the molecule is CCN(C1CCCC1)C(CN)c1ccc(F)c(Cl)c1. The molecule has 0 heterocycles. The van der Waals surface area contributed by atoms with Gasteiger partial charge in [0.25, 0.3) is 0 Å². The van der Waals surface area contributed by atoms with Crippen LogP contribution in [0.15, 0.2) is 18.2 Å². The molecule has 0 aliphatic heterocycles. The van der Waals surface area contributed by atoms with Gasteiger partial charge in [-0.05, 0) is 37.1 Å². The zero-order chi connectivity index (χ0) is 13.8. The number of hydrogen-bond acceptors (Lipinski definition) is 2. The van der Waals surface area contributed by atoms with Gasteiger partial charge < -0.3 is 5.73 Å². The van der Waals surface area contributed by atoms with Crippen LogP contribution in [-0.4, -0.2) is 24.0 Å². The van der Waals surface area contributed by atoms with Crippen molar-refractivity contribution in [1.82, 2.24) is 4.90 Å². The Morgan fingerprint density at radius 2 is 2.11 bits per heavy atom. The highest BCUT2D eigenvalue weighted by Crippen LogP contribution is 2.31. The van der Waals surface area contributed by atoms with Gasteiger partial charge in [-0.2, -0.15) is 0 Å². The highest BCUT2D eigenvalue weighted by atomic mass is 35.5. The summed E-state index contributed by atoms with van der Waals surface area (Å²) in [6.07, 6.45) is 5.06. The Labute approximate surface area is 119 Å². The molecule has 1 fully saturated rings. The van der Waals surface area contributed by atoms with Gasteiger partial charge in [0.2, 0.25) is 0 Å². The van der Waals surface area contributed by atoms with E-state index in [1.165, 1.54) is 31.7 Å². The summed E-state index contributed by atoms with van der Waals surface area (Å²) < 4.78 is 13.3. The fourth-order valence-corrected chi connectivity index (χ4v) is 3.34. The Morgan fingerprint density at radius 1 is 1.42 bits per heavy atom. The van der Waals surface area contributed by atoms with Crippen molar-refractivity contribution in [2.24, 2.45) is 5.73 Å². The molecule has 1 aromatic carbocycles. The van der Waals surface area contributed by atoms with Crippen molar-refractivity contribution >= 4 is 11.6 Å². The highest BCUT2D eigenvalue weighted by Gasteiger charge is 2.28. The molecule has 2 rings (SSSR count). The van der Waals surface area contributed by atoms with Gasteiger partial charge in [-0.15, -0.1) is 0 Å². The molecule has 1 saturated carbocycles. The second-order valence-corrected chi connectivity index (χ2v) is 5.60. The van der Waals surface area contributed by atoms with Crippen molar-refractivity contribution in [1.29, 1.82) is 0 Å². The lowest BCUT2D eigenvalue weighted by Crippen LogP contribution is -2.40. The van der Waals surface area contributed by atoms with Crippen LogP contribution in [0.5, 0.6) is 0 Å². The second kappa shape index (κ2) is 6.69. The maximum absolute atomic E-state index is 13.3. The predicted octanol–water partition coefficient (Wildman–Crippen LogP) is 3.74. The van der Waals surface area contributed by atoms with Crippen LogP contribution < -0.4 is 5.73 Å². The number of rotatable bonds is 5. The summed E-state index contributed by atoms with van der Waals surface area (Å²) in [6, 6.07) is 5.68. The number of nitrogens with zero attached hydrogens (tertiary/aromatic N) is 1. The minimum Gasteiger partial charge on any atom is -0.329 e. The maximum Gasteiger partial charge on any atom is 0.141 e. The van der Waals surface area contributed by atoms with Crippen molar-refractivity contribution < 1.29 is 4.39 Å². The van der Waals surface area contributed by atoms with Gasteiger partial charge in [0.1, 0.15) is 5.82 Å². The van der Waals surface area contributed by atoms with Crippen molar-refractivity contribution in [2.75, 3.05) is 13.1 Å². The second-order valence-electron chi connectivity index (χ2n) is 5.19. The first-order valence-corrected chi connectivity index (χ1v) is 7.46. The monoisotopic (exact) mass is 284 g/mol. The lowest BCUT2D eigenvalue weighted by molar-refractivity contribution is 0.147. The van der Waals surface area contributed by atoms with E-state index in [2.05, 4.69) is 11.8 Å². The number of likely N-dealkylation sites (N-methyl/N-ethyl adjacent to an activating group) is 1. The summed E-state index contributed by atoms with van der Waals surface area (Å²) in [5.74, 6) is -0.370. The standard InChI is InChI=1S/C15H22ClFN2/c1-2-19(12-5-3-4-6-12)15(10-18)11-7-8-14(17)13(16)9-11/h7-9,12,15H,2-6,10,18H2,1H3. The highest BCUT2D eigenvalue weighted by molar-refractivity contribution is 6.30. The summed E-state index contributed by atoms with van der Waals surface area (Å²) in [5, 5.41) is 0.179. The molecule has 106 valence electrons. The Bertz CT molecular complexity index is 419. The first-order chi connectivity index (χ1) is 9.17. The van der Waals surface area contributed by atoms with Crippen LogP contribution in [-0.2, 0) is 0 Å². The molecule has 4 heteroatoms. The molecular weight excluding hydrogens is 263 g/mol. The summed E-state index contributed by atoms with van der Waals surface area (Å²) in [7, 11) is 0. The molecule has 0 bridgehead atoms. The smallest absolute Gasteiger partial charge is 0.141 e. The molecule has 1 atom stereocenters. The zero-order valence-corrected chi connectivity index (χ0v) is 12.2. The lowest BCUT2D eigenvalue weighted by Gasteiger charge is -2.35. The molecular formula is C15H22ClFN2. The molecule has 1 aromatic rings. The maximum atomic E-state index is 13.3. The van der Waals surface area contributed by atoms with E-state index in [1.54, 1.807) is 12.1 Å². The number of nitrogens with two attached hydrogens (primary N) is 1. The molecule has 1 aliphatic carbocycles. The van der Waals surface area contributed by atoms with E-state index in [1.807, 2.05) is 0 Å². The third kappa shape index (κ3) is 3.28. The Hall–Kier alpha value is -0.640. The fourth-order valence-electron chi connectivity index (χ4n) is 3.15. The third-order valence-electron chi connectivity index (χ3n) is 4.11. The molecule has 0 aromatic heterocycles. The van der Waals surface area contributed by atoms with Gasteiger partial charge in [0.15, 0.2) is 0 Å². The van der Waals surface area contributed by atoms with E-state index in [0.29, 0.717) is 12.6 Å². The molecule has 0 radical (unpaired) electrons. The van der Waals surface area contributed by atoms with Gasteiger partial charge in [0, 0.05) is 18.6 Å². The summed E-state index contributed by atoms with van der Waals surface area (Å²) in [5.41, 5.74) is 6.97. The molecule has 1 aliphatic rings. The van der Waals surface area contributed by atoms with E-state index < -0.39 is 0 Å². The number of benzene rings is 1. The van der Waals surface area contributed by atoms with Crippen molar-refractivity contribution in [3.8, 4) is 0 Å². The van der Waals surface area contributed by atoms with Crippen molar-refractivity contribution in [3.05, 3.63) is 34.6 Å². The van der Waals surface area contributed by atoms with Gasteiger partial charge in [0.05, 0.1) is 5.02 Å². The quantitative estimate of drug-likeness (QED) is 0.892. The van der Waals surface area contributed by atoms with Crippen molar-refractivity contribution in [3.63, 3.8) is 0 Å². The van der Waals surface area contributed by atoms with Crippen LogP contribution in [0.4, 0.5) is 4.39 Å². The molecule has 0 saturated heterocycles. The molecule has 2 nitrogen and oxygen atoms in total. The van der Waals surface area contributed by atoms with Gasteiger partial charge >= 0.3 is 0 Å². The Kier molecular flexibility index (Phi) is 5.20. The van der Waals surface area contributed by atoms with Crippen LogP contribution in [0, 0.1) is 5.82 Å². The molecule has 2 N–H and O–H groups in total. The van der Waals surface area contributed by atoms with E-state index in [0.717, 1.165) is 12.1 Å². The van der Waals surface area contributed by atoms with Crippen LogP contribution >= 0.6 is 11.6 Å². The third-order valence-corrected chi connectivity index (χ3v) is 4.40. The normalized spacial score (nSPS) is 18.2. The average molecular weight is 285 g/mol. The van der Waals surface area contributed by atoms with Crippen LogP contribution in [0.2, 0.25) is 5.02 Å². The van der Waals surface area contributed by atoms with E-state index in [4.69, 9.17) is 17.3 Å². The lowest BCUT2D eigenvalue weighted by atomic mass is 10.0.